The van der Waals surface area contributed by atoms with Gasteiger partial charge in [0.25, 0.3) is 0 Å². The first kappa shape index (κ1) is 15.9. The maximum absolute atomic E-state index is 10.1. The van der Waals surface area contributed by atoms with Gasteiger partial charge in [-0.15, -0.1) is 0 Å². The Labute approximate surface area is 112 Å². The van der Waals surface area contributed by atoms with Crippen molar-refractivity contribution in [3.05, 3.63) is 0 Å². The fourth-order valence-electron chi connectivity index (χ4n) is 3.14. The zero-order valence-corrected chi connectivity index (χ0v) is 13.0. The van der Waals surface area contributed by atoms with Gasteiger partial charge in [0.05, 0.1) is 5.54 Å². The normalized spacial score (nSPS) is 32.0. The summed E-state index contributed by atoms with van der Waals surface area (Å²) in [6.07, 6.45) is 3.65. The minimum atomic E-state index is -1.64. The molecule has 1 heterocycles. The van der Waals surface area contributed by atoms with E-state index in [1.807, 2.05) is 20.8 Å². The van der Waals surface area contributed by atoms with Crippen molar-refractivity contribution >= 4 is 0 Å². The van der Waals surface area contributed by atoms with E-state index >= 15 is 0 Å². The van der Waals surface area contributed by atoms with E-state index in [1.54, 1.807) is 0 Å². The predicted molar refractivity (Wildman–Crippen MR) is 75.3 cm³/mol. The number of likely N-dealkylation sites (tertiary alicyclic amines) is 1. The molecule has 1 saturated carbocycles. The minimum absolute atomic E-state index is 0.0554. The molecule has 0 aromatic rings. The van der Waals surface area contributed by atoms with Gasteiger partial charge in [0, 0.05) is 6.54 Å². The van der Waals surface area contributed by atoms with E-state index in [1.165, 1.54) is 19.8 Å². The fraction of sp³-hybridized carbons (Fsp3) is 1.00. The Bertz CT molecular complexity index is 279. The third kappa shape index (κ3) is 2.59. The van der Waals surface area contributed by atoms with Crippen LogP contribution in [-0.4, -0.2) is 39.5 Å². The molecule has 0 bridgehead atoms. The number of hydrogen-bond donors (Lipinski definition) is 2. The summed E-state index contributed by atoms with van der Waals surface area (Å²) in [5.41, 5.74) is -0.595. The Hall–Kier alpha value is -0.120. The van der Waals surface area contributed by atoms with Crippen molar-refractivity contribution in [3.63, 3.8) is 0 Å². The smallest absolute Gasteiger partial charge is 0.178 e. The van der Waals surface area contributed by atoms with Crippen molar-refractivity contribution in [1.82, 2.24) is 4.90 Å². The van der Waals surface area contributed by atoms with Gasteiger partial charge in [-0.05, 0) is 51.0 Å². The Morgan fingerprint density at radius 1 is 1.17 bits per heavy atom. The lowest BCUT2D eigenvalue weighted by molar-refractivity contribution is -0.247. The summed E-state index contributed by atoms with van der Waals surface area (Å²) in [6.45, 7) is 13.8. The standard InChI is InChI=1S/C13H25NO2.C2H6/c1-11(2)7-8-14(9-10-5-6-10)12(11,3)13(4,15)16;1-2/h10,15-16H,5-9H2,1-4H3;1-2H3. The number of hydrogen-bond acceptors (Lipinski definition) is 3. The quantitative estimate of drug-likeness (QED) is 0.764. The first-order chi connectivity index (χ1) is 8.18. The van der Waals surface area contributed by atoms with E-state index in [0.717, 1.165) is 25.4 Å². The van der Waals surface area contributed by atoms with E-state index in [-0.39, 0.29) is 5.41 Å². The molecule has 0 aromatic carbocycles. The van der Waals surface area contributed by atoms with E-state index in [4.69, 9.17) is 0 Å². The van der Waals surface area contributed by atoms with Crippen molar-refractivity contribution in [2.24, 2.45) is 11.3 Å². The molecule has 1 unspecified atom stereocenters. The third-order valence-electron chi connectivity index (χ3n) is 5.05. The summed E-state index contributed by atoms with van der Waals surface area (Å²) in [4.78, 5) is 2.30. The lowest BCUT2D eigenvalue weighted by Gasteiger charge is -2.50. The van der Waals surface area contributed by atoms with Gasteiger partial charge in [-0.1, -0.05) is 27.7 Å². The molecule has 2 rings (SSSR count). The van der Waals surface area contributed by atoms with Crippen molar-refractivity contribution < 1.29 is 10.2 Å². The molecule has 1 aliphatic heterocycles. The molecule has 108 valence electrons. The molecule has 0 amide bonds. The van der Waals surface area contributed by atoms with Crippen LogP contribution in [0.4, 0.5) is 0 Å². The first-order valence-corrected chi connectivity index (χ1v) is 7.38. The van der Waals surface area contributed by atoms with Gasteiger partial charge >= 0.3 is 0 Å². The Morgan fingerprint density at radius 3 is 2.06 bits per heavy atom. The maximum atomic E-state index is 10.1. The molecule has 0 spiro atoms. The van der Waals surface area contributed by atoms with Crippen LogP contribution in [0.3, 0.4) is 0 Å². The Kier molecular flexibility index (Phi) is 4.52. The van der Waals surface area contributed by atoms with Crippen LogP contribution in [0, 0.1) is 11.3 Å². The van der Waals surface area contributed by atoms with Crippen LogP contribution in [-0.2, 0) is 0 Å². The van der Waals surface area contributed by atoms with Crippen LogP contribution >= 0.6 is 0 Å². The summed E-state index contributed by atoms with van der Waals surface area (Å²) < 4.78 is 0. The molecule has 2 fully saturated rings. The third-order valence-corrected chi connectivity index (χ3v) is 5.05. The number of nitrogens with zero attached hydrogens (tertiary/aromatic N) is 1. The summed E-state index contributed by atoms with van der Waals surface area (Å²) in [5, 5.41) is 20.3. The van der Waals surface area contributed by atoms with Crippen LogP contribution in [0.15, 0.2) is 0 Å². The molecule has 3 nitrogen and oxygen atoms in total. The molecule has 0 radical (unpaired) electrons. The molecule has 1 saturated heterocycles. The molecule has 2 N–H and O–H groups in total. The molecule has 3 heteroatoms. The van der Waals surface area contributed by atoms with Gasteiger partial charge in [0.2, 0.25) is 0 Å². The Balaban J connectivity index is 0.000000771. The number of aliphatic hydroxyl groups is 2. The monoisotopic (exact) mass is 257 g/mol. The topological polar surface area (TPSA) is 43.7 Å². The van der Waals surface area contributed by atoms with E-state index < -0.39 is 11.3 Å². The van der Waals surface area contributed by atoms with Gasteiger partial charge in [-0.3, -0.25) is 4.90 Å². The second kappa shape index (κ2) is 5.10. The maximum Gasteiger partial charge on any atom is 0.178 e. The van der Waals surface area contributed by atoms with Crippen molar-refractivity contribution in [3.8, 4) is 0 Å². The summed E-state index contributed by atoms with van der Waals surface area (Å²) in [6, 6.07) is 0. The van der Waals surface area contributed by atoms with Crippen LogP contribution in [0.5, 0.6) is 0 Å². The van der Waals surface area contributed by atoms with Crippen molar-refractivity contribution in [2.75, 3.05) is 13.1 Å². The molecule has 1 atom stereocenters. The zero-order valence-electron chi connectivity index (χ0n) is 13.0. The van der Waals surface area contributed by atoms with E-state index in [9.17, 15) is 10.2 Å². The zero-order chi connectivity index (χ0) is 14.2. The summed E-state index contributed by atoms with van der Waals surface area (Å²) in [5.74, 6) is -0.849. The van der Waals surface area contributed by atoms with Crippen molar-refractivity contribution in [2.45, 2.75) is 72.1 Å². The van der Waals surface area contributed by atoms with Crippen LogP contribution < -0.4 is 0 Å². The molecule has 0 aromatic heterocycles. The van der Waals surface area contributed by atoms with Gasteiger partial charge < -0.3 is 10.2 Å². The average Bonchev–Trinajstić information content (AvgIpc) is 3.04. The second-order valence-electron chi connectivity index (χ2n) is 6.62. The fourth-order valence-corrected chi connectivity index (χ4v) is 3.14. The average molecular weight is 257 g/mol. The van der Waals surface area contributed by atoms with Gasteiger partial charge in [-0.25, -0.2) is 0 Å². The van der Waals surface area contributed by atoms with Gasteiger partial charge in [0.15, 0.2) is 5.79 Å². The Morgan fingerprint density at radius 2 is 1.67 bits per heavy atom. The van der Waals surface area contributed by atoms with Crippen molar-refractivity contribution in [1.29, 1.82) is 0 Å². The van der Waals surface area contributed by atoms with Crippen LogP contribution in [0.25, 0.3) is 0 Å². The first-order valence-electron chi connectivity index (χ1n) is 7.38. The lowest BCUT2D eigenvalue weighted by atomic mass is 9.69. The molecular weight excluding hydrogens is 226 g/mol. The predicted octanol–water partition coefficient (Wildman–Crippen LogP) is 2.61. The highest BCUT2D eigenvalue weighted by Crippen LogP contribution is 2.51. The van der Waals surface area contributed by atoms with Crippen LogP contribution in [0.1, 0.15) is 60.8 Å². The molecule has 18 heavy (non-hydrogen) atoms. The molecule has 1 aliphatic carbocycles. The summed E-state index contributed by atoms with van der Waals surface area (Å²) >= 11 is 0. The van der Waals surface area contributed by atoms with E-state index in [0.29, 0.717) is 0 Å². The second-order valence-corrected chi connectivity index (χ2v) is 6.62. The van der Waals surface area contributed by atoms with Gasteiger partial charge in [0.1, 0.15) is 0 Å². The lowest BCUT2D eigenvalue weighted by Crippen LogP contribution is -2.64. The van der Waals surface area contributed by atoms with E-state index in [2.05, 4.69) is 18.7 Å². The van der Waals surface area contributed by atoms with Gasteiger partial charge in [-0.2, -0.15) is 0 Å². The SMILES string of the molecule is CC.CC(O)(O)C1(C)N(CC2CC2)CCC1(C)C. The minimum Gasteiger partial charge on any atom is -0.364 e. The van der Waals surface area contributed by atoms with Crippen LogP contribution in [0.2, 0.25) is 0 Å². The molecule has 2 aliphatic rings. The molecular formula is C15H31NO2. The summed E-state index contributed by atoms with van der Waals surface area (Å²) in [7, 11) is 0. The highest BCUT2D eigenvalue weighted by atomic mass is 16.5. The highest BCUT2D eigenvalue weighted by molar-refractivity contribution is 5.10. The number of rotatable bonds is 3. The largest absolute Gasteiger partial charge is 0.364 e. The highest BCUT2D eigenvalue weighted by Gasteiger charge is 2.60.